The standard InChI is InChI=1S/C12H15F3N2O2.C2H6/c1-17(2)3-4-19-10-6-8(11(16)18)5-9(7-10)12(13,14)15;1-2/h5-7H,3-4H2,1-2H3,(H2,16,18);1-2H3. The second kappa shape index (κ2) is 8.51. The topological polar surface area (TPSA) is 55.6 Å². The van der Waals surface area contributed by atoms with E-state index in [0.29, 0.717) is 12.6 Å². The smallest absolute Gasteiger partial charge is 0.416 e. The van der Waals surface area contributed by atoms with Crippen molar-refractivity contribution in [3.8, 4) is 5.75 Å². The van der Waals surface area contributed by atoms with Gasteiger partial charge in [-0.2, -0.15) is 13.2 Å². The fourth-order valence-corrected chi connectivity index (χ4v) is 1.33. The minimum atomic E-state index is -4.55. The van der Waals surface area contributed by atoms with Crippen molar-refractivity contribution in [3.63, 3.8) is 0 Å². The van der Waals surface area contributed by atoms with Gasteiger partial charge in [-0.15, -0.1) is 0 Å². The van der Waals surface area contributed by atoms with Crippen LogP contribution in [0.25, 0.3) is 0 Å². The van der Waals surface area contributed by atoms with Gasteiger partial charge in [-0.05, 0) is 32.3 Å². The highest BCUT2D eigenvalue weighted by Gasteiger charge is 2.31. The van der Waals surface area contributed by atoms with Crippen molar-refractivity contribution in [1.29, 1.82) is 0 Å². The van der Waals surface area contributed by atoms with E-state index in [1.54, 1.807) is 0 Å². The molecule has 1 rings (SSSR count). The molecule has 0 bridgehead atoms. The van der Waals surface area contributed by atoms with Crippen molar-refractivity contribution < 1.29 is 22.7 Å². The highest BCUT2D eigenvalue weighted by atomic mass is 19.4. The van der Waals surface area contributed by atoms with Crippen LogP contribution in [0.4, 0.5) is 13.2 Å². The Labute approximate surface area is 122 Å². The van der Waals surface area contributed by atoms with Crippen LogP contribution in [0.3, 0.4) is 0 Å². The van der Waals surface area contributed by atoms with E-state index in [-0.39, 0.29) is 17.9 Å². The minimum absolute atomic E-state index is 0.0227. The molecule has 21 heavy (non-hydrogen) atoms. The summed E-state index contributed by atoms with van der Waals surface area (Å²) in [6.45, 7) is 4.76. The molecule has 1 aromatic rings. The lowest BCUT2D eigenvalue weighted by Crippen LogP contribution is -2.20. The maximum absolute atomic E-state index is 12.6. The van der Waals surface area contributed by atoms with Crippen LogP contribution >= 0.6 is 0 Å². The molecule has 4 nitrogen and oxygen atoms in total. The quantitative estimate of drug-likeness (QED) is 0.910. The summed E-state index contributed by atoms with van der Waals surface area (Å²) in [5.41, 5.74) is 3.82. The third-order valence-electron chi connectivity index (χ3n) is 2.33. The number of amides is 1. The van der Waals surface area contributed by atoms with E-state index in [9.17, 15) is 18.0 Å². The summed E-state index contributed by atoms with van der Waals surface area (Å²) in [5, 5.41) is 0. The Morgan fingerprint density at radius 3 is 2.24 bits per heavy atom. The first-order valence-electron chi connectivity index (χ1n) is 6.50. The number of nitrogens with zero attached hydrogens (tertiary/aromatic N) is 1. The van der Waals surface area contributed by atoms with Crippen molar-refractivity contribution in [1.82, 2.24) is 4.90 Å². The number of alkyl halides is 3. The van der Waals surface area contributed by atoms with Crippen LogP contribution in [0.1, 0.15) is 29.8 Å². The number of halogens is 3. The molecule has 0 atom stereocenters. The van der Waals surface area contributed by atoms with E-state index in [0.717, 1.165) is 6.07 Å². The van der Waals surface area contributed by atoms with E-state index < -0.39 is 17.6 Å². The second-order valence-corrected chi connectivity index (χ2v) is 4.26. The van der Waals surface area contributed by atoms with Crippen molar-refractivity contribution in [2.24, 2.45) is 5.73 Å². The summed E-state index contributed by atoms with van der Waals surface area (Å²) in [4.78, 5) is 12.8. The largest absolute Gasteiger partial charge is 0.492 e. The first-order chi connectivity index (χ1) is 9.70. The molecule has 0 saturated heterocycles. The number of carbonyl (C=O) groups excluding carboxylic acids is 1. The Kier molecular flexibility index (Phi) is 7.80. The van der Waals surface area contributed by atoms with Crippen molar-refractivity contribution in [2.45, 2.75) is 20.0 Å². The average Bonchev–Trinajstić information content (AvgIpc) is 2.39. The molecule has 0 heterocycles. The molecule has 0 aromatic heterocycles. The Balaban J connectivity index is 0.00000191. The lowest BCUT2D eigenvalue weighted by molar-refractivity contribution is -0.137. The molecular formula is C14H21F3N2O2. The Morgan fingerprint density at radius 1 is 1.24 bits per heavy atom. The number of hydrogen-bond acceptors (Lipinski definition) is 3. The highest BCUT2D eigenvalue weighted by Crippen LogP contribution is 2.32. The zero-order chi connectivity index (χ0) is 16.6. The van der Waals surface area contributed by atoms with Gasteiger partial charge < -0.3 is 15.4 Å². The number of benzene rings is 1. The molecule has 1 aromatic carbocycles. The molecule has 7 heteroatoms. The van der Waals surface area contributed by atoms with Crippen LogP contribution in [0.2, 0.25) is 0 Å². The van der Waals surface area contributed by atoms with Crippen molar-refractivity contribution >= 4 is 5.91 Å². The Morgan fingerprint density at radius 2 is 1.81 bits per heavy atom. The molecule has 0 aliphatic rings. The summed E-state index contributed by atoms with van der Waals surface area (Å²) in [7, 11) is 3.62. The molecule has 2 N–H and O–H groups in total. The molecule has 0 fully saturated rings. The van der Waals surface area contributed by atoms with Gasteiger partial charge in [0.25, 0.3) is 0 Å². The van der Waals surface area contributed by atoms with Gasteiger partial charge in [0.1, 0.15) is 12.4 Å². The van der Waals surface area contributed by atoms with Gasteiger partial charge in [-0.3, -0.25) is 4.79 Å². The Hall–Kier alpha value is -1.76. The Bertz CT molecular complexity index is 460. The van der Waals surface area contributed by atoms with E-state index in [1.165, 1.54) is 6.07 Å². The van der Waals surface area contributed by atoms with Crippen LogP contribution < -0.4 is 10.5 Å². The van der Waals surface area contributed by atoms with Gasteiger partial charge in [0.05, 0.1) is 5.56 Å². The van der Waals surface area contributed by atoms with E-state index in [4.69, 9.17) is 10.5 Å². The number of ether oxygens (including phenoxy) is 1. The zero-order valence-electron chi connectivity index (χ0n) is 12.6. The van der Waals surface area contributed by atoms with Gasteiger partial charge in [-0.1, -0.05) is 13.8 Å². The summed E-state index contributed by atoms with van der Waals surface area (Å²) in [6.07, 6.45) is -4.55. The van der Waals surface area contributed by atoms with E-state index >= 15 is 0 Å². The molecule has 1 amide bonds. The van der Waals surface area contributed by atoms with Crippen LogP contribution in [-0.2, 0) is 6.18 Å². The van der Waals surface area contributed by atoms with Crippen LogP contribution in [0.15, 0.2) is 18.2 Å². The molecule has 0 aliphatic carbocycles. The highest BCUT2D eigenvalue weighted by molar-refractivity contribution is 5.93. The molecule has 120 valence electrons. The molecule has 0 unspecified atom stereocenters. The third kappa shape index (κ3) is 6.99. The normalized spacial score (nSPS) is 10.9. The first-order valence-corrected chi connectivity index (χ1v) is 6.50. The summed E-state index contributed by atoms with van der Waals surface area (Å²) in [6, 6.07) is 2.76. The summed E-state index contributed by atoms with van der Waals surface area (Å²) in [5.74, 6) is -0.950. The predicted molar refractivity (Wildman–Crippen MR) is 75.4 cm³/mol. The number of primary amides is 1. The van der Waals surface area contributed by atoms with Gasteiger partial charge in [0.2, 0.25) is 5.91 Å². The minimum Gasteiger partial charge on any atom is -0.492 e. The molecule has 0 saturated carbocycles. The number of rotatable bonds is 5. The van der Waals surface area contributed by atoms with Crippen LogP contribution in [-0.4, -0.2) is 38.1 Å². The lowest BCUT2D eigenvalue weighted by atomic mass is 10.1. The second-order valence-electron chi connectivity index (χ2n) is 4.26. The maximum Gasteiger partial charge on any atom is 0.416 e. The molecule has 0 spiro atoms. The number of hydrogen-bond donors (Lipinski definition) is 1. The van der Waals surface area contributed by atoms with Crippen molar-refractivity contribution in [3.05, 3.63) is 29.3 Å². The summed E-state index contributed by atoms with van der Waals surface area (Å²) >= 11 is 0. The monoisotopic (exact) mass is 306 g/mol. The van der Waals surface area contributed by atoms with Gasteiger partial charge >= 0.3 is 6.18 Å². The lowest BCUT2D eigenvalue weighted by Gasteiger charge is -2.14. The average molecular weight is 306 g/mol. The SMILES string of the molecule is CC.CN(C)CCOc1cc(C(N)=O)cc(C(F)(F)F)c1. The zero-order valence-corrected chi connectivity index (χ0v) is 12.6. The van der Waals surface area contributed by atoms with Crippen LogP contribution in [0, 0.1) is 0 Å². The first kappa shape index (κ1) is 19.2. The molecule has 0 aliphatic heterocycles. The van der Waals surface area contributed by atoms with Crippen LogP contribution in [0.5, 0.6) is 5.75 Å². The number of nitrogens with two attached hydrogens (primary N) is 1. The van der Waals surface area contributed by atoms with E-state index in [2.05, 4.69) is 0 Å². The maximum atomic E-state index is 12.6. The van der Waals surface area contributed by atoms with Gasteiger partial charge in [0.15, 0.2) is 0 Å². The molecular weight excluding hydrogens is 285 g/mol. The fraction of sp³-hybridized carbons (Fsp3) is 0.500. The van der Waals surface area contributed by atoms with E-state index in [1.807, 2.05) is 32.8 Å². The van der Waals surface area contributed by atoms with Gasteiger partial charge in [0, 0.05) is 12.1 Å². The van der Waals surface area contributed by atoms with Gasteiger partial charge in [-0.25, -0.2) is 0 Å². The fourth-order valence-electron chi connectivity index (χ4n) is 1.33. The third-order valence-corrected chi connectivity index (χ3v) is 2.33. The number of carbonyl (C=O) groups is 1. The summed E-state index contributed by atoms with van der Waals surface area (Å²) < 4.78 is 43.1. The van der Waals surface area contributed by atoms with Crippen molar-refractivity contribution in [2.75, 3.05) is 27.2 Å². The number of likely N-dealkylation sites (N-methyl/N-ethyl adjacent to an activating group) is 1. The molecule has 0 radical (unpaired) electrons. The predicted octanol–water partition coefficient (Wildman–Crippen LogP) is 2.77.